The van der Waals surface area contributed by atoms with E-state index in [4.69, 9.17) is 21.1 Å². The minimum atomic E-state index is -0.297. The monoisotopic (exact) mass is 388 g/mol. The lowest BCUT2D eigenvalue weighted by molar-refractivity contribution is -0.118. The van der Waals surface area contributed by atoms with Gasteiger partial charge in [-0.15, -0.1) is 0 Å². The molecule has 0 spiro atoms. The van der Waals surface area contributed by atoms with Gasteiger partial charge in [-0.05, 0) is 49.2 Å². The van der Waals surface area contributed by atoms with E-state index in [0.717, 1.165) is 12.0 Å². The lowest BCUT2D eigenvalue weighted by Crippen LogP contribution is -2.24. The topological polar surface area (TPSA) is 67.9 Å². The minimum Gasteiger partial charge on any atom is -0.494 e. The number of hydrogen-bond donors (Lipinski definition) is 1. The fourth-order valence-corrected chi connectivity index (χ4v) is 3.05. The maximum Gasteiger partial charge on any atom is 0.262 e. The number of carbonyl (C=O) groups excluding carboxylic acids is 2. The van der Waals surface area contributed by atoms with Gasteiger partial charge in [0.2, 0.25) is 5.91 Å². The molecule has 3 rings (SSSR count). The molecule has 0 radical (unpaired) electrons. The highest BCUT2D eigenvalue weighted by molar-refractivity contribution is 6.31. The fourth-order valence-electron chi connectivity index (χ4n) is 2.93. The maximum absolute atomic E-state index is 12.2. The van der Waals surface area contributed by atoms with Gasteiger partial charge in [0, 0.05) is 29.7 Å². The first-order chi connectivity index (χ1) is 13.0. The van der Waals surface area contributed by atoms with E-state index in [-0.39, 0.29) is 18.4 Å². The van der Waals surface area contributed by atoms with Crippen LogP contribution in [0.25, 0.3) is 0 Å². The third-order valence-corrected chi connectivity index (χ3v) is 4.75. The molecular formula is C20H21ClN2O4. The maximum atomic E-state index is 12.2. The van der Waals surface area contributed by atoms with Crippen LogP contribution in [0.15, 0.2) is 36.4 Å². The zero-order valence-corrected chi connectivity index (χ0v) is 16.0. The highest BCUT2D eigenvalue weighted by atomic mass is 35.5. The van der Waals surface area contributed by atoms with Crippen molar-refractivity contribution in [3.63, 3.8) is 0 Å². The molecule has 0 bridgehead atoms. The van der Waals surface area contributed by atoms with Crippen LogP contribution in [0.2, 0.25) is 5.02 Å². The summed E-state index contributed by atoms with van der Waals surface area (Å²) in [7, 11) is 1.54. The second-order valence-electron chi connectivity index (χ2n) is 6.28. The molecule has 0 unspecified atom stereocenters. The number of nitrogens with zero attached hydrogens (tertiary/aromatic N) is 1. The van der Waals surface area contributed by atoms with Crippen LogP contribution in [0.1, 0.15) is 18.4 Å². The average molecular weight is 389 g/mol. The molecule has 7 heteroatoms. The highest BCUT2D eigenvalue weighted by Crippen LogP contribution is 2.33. The van der Waals surface area contributed by atoms with E-state index in [1.54, 1.807) is 41.3 Å². The highest BCUT2D eigenvalue weighted by Gasteiger charge is 2.24. The first-order valence-electron chi connectivity index (χ1n) is 8.65. The van der Waals surface area contributed by atoms with E-state index in [2.05, 4.69) is 5.32 Å². The second-order valence-corrected chi connectivity index (χ2v) is 6.69. The van der Waals surface area contributed by atoms with Crippen LogP contribution in [-0.2, 0) is 9.59 Å². The minimum absolute atomic E-state index is 0.0803. The van der Waals surface area contributed by atoms with Gasteiger partial charge < -0.3 is 19.7 Å². The standard InChI is InChI=1S/C20H21ClN2O4/c1-13-10-15(6-7-16(13)21)27-12-19(24)22-14-5-8-17(18(11-14)26-2)23-9-3-4-20(23)25/h5-8,10-11H,3-4,9,12H2,1-2H3,(H,22,24). The fraction of sp³-hybridized carbons (Fsp3) is 0.300. The van der Waals surface area contributed by atoms with Gasteiger partial charge >= 0.3 is 0 Å². The molecule has 1 aliphatic heterocycles. The number of rotatable bonds is 6. The number of carbonyl (C=O) groups is 2. The first-order valence-corrected chi connectivity index (χ1v) is 9.03. The Morgan fingerprint density at radius 3 is 2.74 bits per heavy atom. The molecule has 0 aliphatic carbocycles. The van der Waals surface area contributed by atoms with E-state index in [9.17, 15) is 9.59 Å². The van der Waals surface area contributed by atoms with E-state index < -0.39 is 0 Å². The number of anilines is 2. The second kappa shape index (κ2) is 8.31. The number of aryl methyl sites for hydroxylation is 1. The van der Waals surface area contributed by atoms with Crippen LogP contribution in [0, 0.1) is 6.92 Å². The van der Waals surface area contributed by atoms with Gasteiger partial charge in [0.1, 0.15) is 11.5 Å². The zero-order valence-electron chi connectivity index (χ0n) is 15.3. The largest absolute Gasteiger partial charge is 0.494 e. The summed E-state index contributed by atoms with van der Waals surface area (Å²) in [6.45, 7) is 2.42. The quantitative estimate of drug-likeness (QED) is 0.817. The molecule has 0 saturated carbocycles. The number of ether oxygens (including phenoxy) is 2. The summed E-state index contributed by atoms with van der Waals surface area (Å²) in [6.07, 6.45) is 1.38. The lowest BCUT2D eigenvalue weighted by atomic mass is 10.2. The third kappa shape index (κ3) is 4.52. The molecule has 6 nitrogen and oxygen atoms in total. The molecule has 1 saturated heterocycles. The summed E-state index contributed by atoms with van der Waals surface area (Å²) in [5.41, 5.74) is 2.17. The summed E-state index contributed by atoms with van der Waals surface area (Å²) in [5.74, 6) is 0.899. The number of halogens is 1. The number of hydrogen-bond acceptors (Lipinski definition) is 4. The van der Waals surface area contributed by atoms with Crippen molar-refractivity contribution in [3.05, 3.63) is 47.0 Å². The van der Waals surface area contributed by atoms with Gasteiger partial charge in [0.25, 0.3) is 5.91 Å². The molecule has 1 heterocycles. The van der Waals surface area contributed by atoms with Gasteiger partial charge in [-0.2, -0.15) is 0 Å². The normalized spacial score (nSPS) is 13.6. The summed E-state index contributed by atoms with van der Waals surface area (Å²) < 4.78 is 10.9. The molecule has 2 aromatic carbocycles. The third-order valence-electron chi connectivity index (χ3n) is 4.33. The molecule has 1 aliphatic rings. The number of benzene rings is 2. The van der Waals surface area contributed by atoms with Crippen molar-refractivity contribution in [3.8, 4) is 11.5 Å². The van der Waals surface area contributed by atoms with Crippen molar-refractivity contribution < 1.29 is 19.1 Å². The van der Waals surface area contributed by atoms with E-state index in [1.807, 2.05) is 6.92 Å². The van der Waals surface area contributed by atoms with E-state index >= 15 is 0 Å². The van der Waals surface area contributed by atoms with Crippen LogP contribution < -0.4 is 19.7 Å². The van der Waals surface area contributed by atoms with Crippen molar-refractivity contribution in [2.45, 2.75) is 19.8 Å². The van der Waals surface area contributed by atoms with Crippen LogP contribution in [0.3, 0.4) is 0 Å². The Labute approximate surface area is 163 Å². The Kier molecular flexibility index (Phi) is 5.86. The van der Waals surface area contributed by atoms with Gasteiger partial charge in [0.15, 0.2) is 6.61 Å². The van der Waals surface area contributed by atoms with Crippen molar-refractivity contribution in [1.82, 2.24) is 0 Å². The summed E-state index contributed by atoms with van der Waals surface area (Å²) in [5, 5.41) is 3.42. The van der Waals surface area contributed by atoms with E-state index in [0.29, 0.717) is 40.9 Å². The van der Waals surface area contributed by atoms with Gasteiger partial charge in [-0.25, -0.2) is 0 Å². The smallest absolute Gasteiger partial charge is 0.262 e. The summed E-state index contributed by atoms with van der Waals surface area (Å²) >= 11 is 5.98. The Hall–Kier alpha value is -2.73. The van der Waals surface area contributed by atoms with Gasteiger partial charge in [0.05, 0.1) is 12.8 Å². The SMILES string of the molecule is COc1cc(NC(=O)COc2ccc(Cl)c(C)c2)ccc1N1CCCC1=O. The molecule has 1 N–H and O–H groups in total. The predicted molar refractivity (Wildman–Crippen MR) is 105 cm³/mol. The van der Waals surface area contributed by atoms with Crippen molar-refractivity contribution in [1.29, 1.82) is 0 Å². The molecular weight excluding hydrogens is 368 g/mol. The van der Waals surface area contributed by atoms with Crippen LogP contribution in [-0.4, -0.2) is 32.1 Å². The molecule has 0 atom stereocenters. The van der Waals surface area contributed by atoms with Crippen molar-refractivity contribution >= 4 is 34.8 Å². The number of amides is 2. The molecule has 2 amide bonds. The van der Waals surface area contributed by atoms with Crippen LogP contribution in [0.5, 0.6) is 11.5 Å². The molecule has 2 aromatic rings. The number of methoxy groups -OCH3 is 1. The Morgan fingerprint density at radius 1 is 1.26 bits per heavy atom. The van der Waals surface area contributed by atoms with Crippen molar-refractivity contribution in [2.75, 3.05) is 30.5 Å². The average Bonchev–Trinajstić information content (AvgIpc) is 3.08. The molecule has 1 fully saturated rings. The predicted octanol–water partition coefficient (Wildman–Crippen LogP) is 3.80. The summed E-state index contributed by atoms with van der Waals surface area (Å²) in [6, 6.07) is 10.4. The first kappa shape index (κ1) is 19.0. The van der Waals surface area contributed by atoms with Gasteiger partial charge in [-0.1, -0.05) is 11.6 Å². The van der Waals surface area contributed by atoms with Crippen molar-refractivity contribution in [2.24, 2.45) is 0 Å². The molecule has 142 valence electrons. The lowest BCUT2D eigenvalue weighted by Gasteiger charge is -2.19. The Morgan fingerprint density at radius 2 is 2.07 bits per heavy atom. The van der Waals surface area contributed by atoms with E-state index in [1.165, 1.54) is 7.11 Å². The molecule has 27 heavy (non-hydrogen) atoms. The van der Waals surface area contributed by atoms with Crippen LogP contribution >= 0.6 is 11.6 Å². The Balaban J connectivity index is 1.63. The zero-order chi connectivity index (χ0) is 19.4. The van der Waals surface area contributed by atoms with Crippen LogP contribution in [0.4, 0.5) is 11.4 Å². The number of nitrogens with one attached hydrogen (secondary N) is 1. The molecule has 0 aromatic heterocycles. The Bertz CT molecular complexity index is 869. The summed E-state index contributed by atoms with van der Waals surface area (Å²) in [4.78, 5) is 25.8. The van der Waals surface area contributed by atoms with Gasteiger partial charge in [-0.3, -0.25) is 9.59 Å².